The zero-order valence-corrected chi connectivity index (χ0v) is 24.8. The lowest BCUT2D eigenvalue weighted by Gasteiger charge is -2.06. The summed E-state index contributed by atoms with van der Waals surface area (Å²) in [6, 6.07) is 29.6. The Balaban J connectivity index is 0.000000213. The molecule has 1 saturated heterocycles. The summed E-state index contributed by atoms with van der Waals surface area (Å²) in [4.78, 5) is 46.4. The van der Waals surface area contributed by atoms with Gasteiger partial charge in [-0.2, -0.15) is 10.5 Å². The van der Waals surface area contributed by atoms with E-state index in [9.17, 15) is 19.2 Å². The van der Waals surface area contributed by atoms with Crippen molar-refractivity contribution in [1.82, 2.24) is 0 Å². The third kappa shape index (κ3) is 10.5. The van der Waals surface area contributed by atoms with Gasteiger partial charge in [0.1, 0.15) is 24.7 Å². The van der Waals surface area contributed by atoms with Crippen molar-refractivity contribution in [2.45, 2.75) is 19.3 Å². The van der Waals surface area contributed by atoms with E-state index in [0.29, 0.717) is 40.4 Å². The van der Waals surface area contributed by atoms with Crippen LogP contribution in [0.25, 0.3) is 0 Å². The van der Waals surface area contributed by atoms with E-state index in [1.54, 1.807) is 97.1 Å². The number of carbonyl (C=O) groups excluding carboxylic acids is 4. The zero-order chi connectivity index (χ0) is 33.6. The molecule has 47 heavy (non-hydrogen) atoms. The van der Waals surface area contributed by atoms with Gasteiger partial charge in [0.15, 0.2) is 6.10 Å². The first kappa shape index (κ1) is 33.3. The highest BCUT2D eigenvalue weighted by molar-refractivity contribution is 5.91. The average molecular weight is 631 g/mol. The second-order valence-corrected chi connectivity index (χ2v) is 9.69. The number of esters is 4. The van der Waals surface area contributed by atoms with E-state index in [2.05, 4.69) is 6.58 Å². The fraction of sp³-hybridized carbons (Fsp3) is 0.111. The molecule has 11 nitrogen and oxygen atoms in total. The Morgan fingerprint density at radius 1 is 0.681 bits per heavy atom. The molecule has 4 aromatic rings. The highest BCUT2D eigenvalue weighted by Gasteiger charge is 2.32. The predicted octanol–water partition coefficient (Wildman–Crippen LogP) is 5.23. The monoisotopic (exact) mass is 630 g/mol. The summed E-state index contributed by atoms with van der Waals surface area (Å²) in [5.74, 6) is -1.17. The number of ether oxygens (including phenoxy) is 5. The minimum atomic E-state index is -0.510. The average Bonchev–Trinajstić information content (AvgIpc) is 3.97. The van der Waals surface area contributed by atoms with Crippen molar-refractivity contribution >= 4 is 23.9 Å². The number of epoxide rings is 1. The number of carbonyl (C=O) groups is 4. The molecular weight excluding hydrogens is 604 g/mol. The van der Waals surface area contributed by atoms with Crippen molar-refractivity contribution in [3.05, 3.63) is 143 Å². The van der Waals surface area contributed by atoms with Crippen molar-refractivity contribution in [2.24, 2.45) is 0 Å². The van der Waals surface area contributed by atoms with E-state index in [0.717, 1.165) is 17.2 Å². The predicted molar refractivity (Wildman–Crippen MR) is 165 cm³/mol. The molecule has 0 spiro atoms. The van der Waals surface area contributed by atoms with Crippen LogP contribution in [0.3, 0.4) is 0 Å². The van der Waals surface area contributed by atoms with Crippen molar-refractivity contribution in [2.75, 3.05) is 6.61 Å². The van der Waals surface area contributed by atoms with Gasteiger partial charge in [-0.15, -0.1) is 0 Å². The number of hydrogen-bond donors (Lipinski definition) is 0. The Kier molecular flexibility index (Phi) is 11.7. The van der Waals surface area contributed by atoms with Crippen LogP contribution in [0.5, 0.6) is 11.5 Å². The highest BCUT2D eigenvalue weighted by Crippen LogP contribution is 2.17. The summed E-state index contributed by atoms with van der Waals surface area (Å²) in [5, 5.41) is 17.4. The molecule has 0 saturated carbocycles. The largest absolute Gasteiger partial charge is 0.459 e. The van der Waals surface area contributed by atoms with E-state index >= 15 is 0 Å². The lowest BCUT2D eigenvalue weighted by atomic mass is 10.1. The van der Waals surface area contributed by atoms with Crippen molar-refractivity contribution in [3.8, 4) is 23.6 Å². The first-order valence-electron chi connectivity index (χ1n) is 14.0. The Hall–Kier alpha value is -6.56. The molecule has 5 rings (SSSR count). The van der Waals surface area contributed by atoms with Gasteiger partial charge in [0.05, 0.1) is 41.0 Å². The van der Waals surface area contributed by atoms with Gasteiger partial charge in [-0.25, -0.2) is 19.2 Å². The van der Waals surface area contributed by atoms with E-state index in [1.165, 1.54) is 0 Å². The van der Waals surface area contributed by atoms with Crippen LogP contribution in [0.15, 0.2) is 110 Å². The van der Waals surface area contributed by atoms with E-state index in [1.807, 2.05) is 12.1 Å². The lowest BCUT2D eigenvalue weighted by molar-refractivity contribution is -0.146. The summed E-state index contributed by atoms with van der Waals surface area (Å²) >= 11 is 0. The van der Waals surface area contributed by atoms with Crippen LogP contribution in [0.4, 0.5) is 0 Å². The maximum Gasteiger partial charge on any atom is 0.343 e. The molecule has 1 aliphatic rings. The third-order valence-corrected chi connectivity index (χ3v) is 6.29. The molecule has 0 amide bonds. The van der Waals surface area contributed by atoms with Gasteiger partial charge in [0.25, 0.3) is 0 Å². The summed E-state index contributed by atoms with van der Waals surface area (Å²) in [5.41, 5.74) is 3.23. The van der Waals surface area contributed by atoms with E-state index < -0.39 is 24.0 Å². The maximum absolute atomic E-state index is 12.1. The van der Waals surface area contributed by atoms with Gasteiger partial charge in [-0.05, 0) is 83.9 Å². The molecule has 1 fully saturated rings. The minimum absolute atomic E-state index is 0.107. The Morgan fingerprint density at radius 2 is 1.09 bits per heavy atom. The molecule has 11 heteroatoms. The fourth-order valence-corrected chi connectivity index (χ4v) is 3.65. The Labute approximate surface area is 269 Å². The first-order valence-corrected chi connectivity index (χ1v) is 14.0. The van der Waals surface area contributed by atoms with E-state index in [-0.39, 0.29) is 19.2 Å². The molecule has 1 aliphatic heterocycles. The van der Waals surface area contributed by atoms with Gasteiger partial charge in [-0.3, -0.25) is 0 Å². The molecule has 0 bridgehead atoms. The van der Waals surface area contributed by atoms with Gasteiger partial charge < -0.3 is 23.7 Å². The van der Waals surface area contributed by atoms with Crippen LogP contribution in [0.2, 0.25) is 0 Å². The Bertz CT molecular complexity index is 1810. The van der Waals surface area contributed by atoms with Crippen molar-refractivity contribution in [3.63, 3.8) is 0 Å². The highest BCUT2D eigenvalue weighted by atomic mass is 16.6. The van der Waals surface area contributed by atoms with Gasteiger partial charge in [0.2, 0.25) is 0 Å². The van der Waals surface area contributed by atoms with Crippen LogP contribution < -0.4 is 9.47 Å². The quantitative estimate of drug-likeness (QED) is 0.0975. The SMILES string of the molecule is C=CC(=O)OCc1ccc(C(=O)Oc2ccc(C#N)cc2)cc1.N#Cc1ccc(OC(=O)c2ccc(COC(=O)C3CO3)cc2)cc1. The number of benzene rings is 4. The van der Waals surface area contributed by atoms with Gasteiger partial charge >= 0.3 is 23.9 Å². The first-order chi connectivity index (χ1) is 22.8. The van der Waals surface area contributed by atoms with Gasteiger partial charge in [0, 0.05) is 6.08 Å². The number of hydrogen-bond acceptors (Lipinski definition) is 11. The number of rotatable bonds is 10. The lowest BCUT2D eigenvalue weighted by Crippen LogP contribution is -2.11. The summed E-state index contributed by atoms with van der Waals surface area (Å²) in [6.45, 7) is 3.96. The molecule has 1 atom stereocenters. The Morgan fingerprint density at radius 3 is 1.45 bits per heavy atom. The van der Waals surface area contributed by atoms with Gasteiger partial charge in [-0.1, -0.05) is 30.8 Å². The smallest absolute Gasteiger partial charge is 0.343 e. The molecule has 0 radical (unpaired) electrons. The summed E-state index contributed by atoms with van der Waals surface area (Å²) in [6.07, 6.45) is 0.662. The minimum Gasteiger partial charge on any atom is -0.459 e. The number of nitriles is 2. The van der Waals surface area contributed by atoms with Crippen LogP contribution in [0, 0.1) is 22.7 Å². The molecule has 234 valence electrons. The van der Waals surface area contributed by atoms with Crippen molar-refractivity contribution < 1.29 is 42.9 Å². The zero-order valence-electron chi connectivity index (χ0n) is 24.8. The molecule has 0 aromatic heterocycles. The normalized spacial score (nSPS) is 12.4. The van der Waals surface area contributed by atoms with Crippen LogP contribution >= 0.6 is 0 Å². The van der Waals surface area contributed by atoms with Crippen LogP contribution in [-0.4, -0.2) is 36.6 Å². The molecule has 0 aliphatic carbocycles. The summed E-state index contributed by atoms with van der Waals surface area (Å²) < 4.78 is 25.2. The molecule has 0 N–H and O–H groups in total. The third-order valence-electron chi connectivity index (χ3n) is 6.29. The van der Waals surface area contributed by atoms with Crippen LogP contribution in [-0.2, 0) is 37.0 Å². The molecule has 4 aromatic carbocycles. The number of nitrogens with zero attached hydrogens (tertiary/aromatic N) is 2. The van der Waals surface area contributed by atoms with Crippen molar-refractivity contribution in [1.29, 1.82) is 10.5 Å². The standard InChI is InChI=1S/C18H13NO5.C18H13NO4/c19-9-12-3-7-15(8-4-12)24-17(20)14-5-1-13(2-6-14)10-23-18(21)16-11-22-16;1-2-17(20)22-12-14-3-7-15(8-4-14)18(21)23-16-9-5-13(11-19)6-10-16/h1-8,16H,10-11H2;2-10H,1,12H2. The molecular formula is C36H26N2O9. The second kappa shape index (κ2) is 16.5. The molecule has 1 heterocycles. The fourth-order valence-electron chi connectivity index (χ4n) is 3.65. The maximum atomic E-state index is 12.1. The summed E-state index contributed by atoms with van der Waals surface area (Å²) in [7, 11) is 0. The van der Waals surface area contributed by atoms with Crippen LogP contribution in [0.1, 0.15) is 43.0 Å². The second-order valence-electron chi connectivity index (χ2n) is 9.69. The van der Waals surface area contributed by atoms with E-state index in [4.69, 9.17) is 34.2 Å². The molecule has 1 unspecified atom stereocenters. The topological polar surface area (TPSA) is 165 Å².